The molecule has 1 heterocycles. The Morgan fingerprint density at radius 2 is 2.00 bits per heavy atom. The summed E-state index contributed by atoms with van der Waals surface area (Å²) in [5.74, 6) is -0.417. The standard InChI is InChI=1S/C14H9BrCl2FN3/c1-7(10-3-2-9(16)6-11(10)17)21-13-5-8(15)4-12(18)14(13)19-20-21/h2-7H,1H3. The lowest BCUT2D eigenvalue weighted by atomic mass is 10.1. The van der Waals surface area contributed by atoms with Crippen LogP contribution in [0.4, 0.5) is 4.39 Å². The van der Waals surface area contributed by atoms with E-state index in [0.29, 0.717) is 20.0 Å². The van der Waals surface area contributed by atoms with Gasteiger partial charge in [0.2, 0.25) is 0 Å². The molecule has 0 saturated heterocycles. The number of benzene rings is 2. The van der Waals surface area contributed by atoms with Crippen LogP contribution in [-0.4, -0.2) is 15.0 Å². The van der Waals surface area contributed by atoms with Crippen LogP contribution in [0.25, 0.3) is 11.0 Å². The fraction of sp³-hybridized carbons (Fsp3) is 0.143. The summed E-state index contributed by atoms with van der Waals surface area (Å²) in [6.07, 6.45) is 0. The zero-order valence-electron chi connectivity index (χ0n) is 10.8. The highest BCUT2D eigenvalue weighted by Gasteiger charge is 2.18. The number of hydrogen-bond acceptors (Lipinski definition) is 2. The molecule has 3 aromatic rings. The molecule has 0 aliphatic heterocycles. The van der Waals surface area contributed by atoms with Crippen LogP contribution < -0.4 is 0 Å². The lowest BCUT2D eigenvalue weighted by Crippen LogP contribution is -2.09. The lowest BCUT2D eigenvalue weighted by molar-refractivity contribution is 0.560. The third-order valence-corrected chi connectivity index (χ3v) is 4.30. The van der Waals surface area contributed by atoms with E-state index in [1.54, 1.807) is 22.9 Å². The van der Waals surface area contributed by atoms with Gasteiger partial charge in [0.1, 0.15) is 5.52 Å². The largest absolute Gasteiger partial charge is 0.237 e. The van der Waals surface area contributed by atoms with Crippen LogP contribution in [-0.2, 0) is 0 Å². The van der Waals surface area contributed by atoms with Gasteiger partial charge in [-0.25, -0.2) is 9.07 Å². The maximum atomic E-state index is 13.9. The molecular weight excluding hydrogens is 380 g/mol. The highest BCUT2D eigenvalue weighted by Crippen LogP contribution is 2.31. The smallest absolute Gasteiger partial charge is 0.154 e. The van der Waals surface area contributed by atoms with E-state index in [9.17, 15) is 4.39 Å². The topological polar surface area (TPSA) is 30.7 Å². The predicted molar refractivity (Wildman–Crippen MR) is 85.5 cm³/mol. The van der Waals surface area contributed by atoms with Gasteiger partial charge >= 0.3 is 0 Å². The molecule has 0 fully saturated rings. The first kappa shape index (κ1) is 14.8. The van der Waals surface area contributed by atoms with E-state index in [1.807, 2.05) is 13.0 Å². The number of halogens is 4. The molecule has 1 atom stereocenters. The van der Waals surface area contributed by atoms with Gasteiger partial charge < -0.3 is 0 Å². The molecule has 7 heteroatoms. The highest BCUT2D eigenvalue weighted by molar-refractivity contribution is 9.10. The van der Waals surface area contributed by atoms with E-state index >= 15 is 0 Å². The first-order chi connectivity index (χ1) is 9.97. The molecule has 2 aromatic carbocycles. The third-order valence-electron chi connectivity index (χ3n) is 3.28. The Balaban J connectivity index is 2.15. The van der Waals surface area contributed by atoms with E-state index in [2.05, 4.69) is 26.2 Å². The van der Waals surface area contributed by atoms with Gasteiger partial charge in [-0.2, -0.15) is 0 Å². The summed E-state index contributed by atoms with van der Waals surface area (Å²) in [5, 5.41) is 9.05. The van der Waals surface area contributed by atoms with Crippen molar-refractivity contribution in [3.8, 4) is 0 Å². The molecule has 108 valence electrons. The van der Waals surface area contributed by atoms with Crippen molar-refractivity contribution in [2.45, 2.75) is 13.0 Å². The molecule has 3 nitrogen and oxygen atoms in total. The van der Waals surface area contributed by atoms with Crippen LogP contribution in [0.5, 0.6) is 0 Å². The van der Waals surface area contributed by atoms with E-state index in [0.717, 1.165) is 5.56 Å². The van der Waals surface area contributed by atoms with E-state index in [4.69, 9.17) is 23.2 Å². The lowest BCUT2D eigenvalue weighted by Gasteiger charge is -2.15. The third kappa shape index (κ3) is 2.65. The maximum Gasteiger partial charge on any atom is 0.154 e. The Labute approximate surface area is 138 Å². The summed E-state index contributed by atoms with van der Waals surface area (Å²) in [6, 6.07) is 8.20. The van der Waals surface area contributed by atoms with Crippen LogP contribution in [0.1, 0.15) is 18.5 Å². The van der Waals surface area contributed by atoms with Crippen molar-refractivity contribution < 1.29 is 4.39 Å². The maximum absolute atomic E-state index is 13.9. The molecule has 0 spiro atoms. The Morgan fingerprint density at radius 3 is 2.71 bits per heavy atom. The molecule has 0 aliphatic carbocycles. The first-order valence-electron chi connectivity index (χ1n) is 6.12. The van der Waals surface area contributed by atoms with Crippen molar-refractivity contribution in [3.05, 3.63) is 56.2 Å². The Morgan fingerprint density at radius 1 is 1.24 bits per heavy atom. The van der Waals surface area contributed by atoms with Gasteiger partial charge in [-0.05, 0) is 36.8 Å². The number of nitrogens with zero attached hydrogens (tertiary/aromatic N) is 3. The predicted octanol–water partition coefficient (Wildman–Crippen LogP) is 5.25. The Kier molecular flexibility index (Phi) is 3.90. The van der Waals surface area contributed by atoms with Gasteiger partial charge in [0.25, 0.3) is 0 Å². The van der Waals surface area contributed by atoms with Crippen molar-refractivity contribution in [3.63, 3.8) is 0 Å². The molecule has 21 heavy (non-hydrogen) atoms. The monoisotopic (exact) mass is 387 g/mol. The second kappa shape index (κ2) is 5.55. The number of aromatic nitrogens is 3. The molecule has 1 unspecified atom stereocenters. The average Bonchev–Trinajstić information content (AvgIpc) is 2.82. The van der Waals surface area contributed by atoms with Gasteiger partial charge in [0, 0.05) is 14.5 Å². The summed E-state index contributed by atoms with van der Waals surface area (Å²) in [6.45, 7) is 1.92. The number of rotatable bonds is 2. The van der Waals surface area contributed by atoms with E-state index in [-0.39, 0.29) is 11.6 Å². The minimum absolute atomic E-state index is 0.200. The second-order valence-electron chi connectivity index (χ2n) is 4.63. The van der Waals surface area contributed by atoms with Crippen molar-refractivity contribution in [1.82, 2.24) is 15.0 Å². The average molecular weight is 389 g/mol. The summed E-state index contributed by atoms with van der Waals surface area (Å²) in [4.78, 5) is 0. The summed E-state index contributed by atoms with van der Waals surface area (Å²) < 4.78 is 16.1. The quantitative estimate of drug-likeness (QED) is 0.600. The van der Waals surface area contributed by atoms with Gasteiger partial charge in [-0.3, -0.25) is 0 Å². The highest BCUT2D eigenvalue weighted by atomic mass is 79.9. The van der Waals surface area contributed by atoms with Gasteiger partial charge in [-0.15, -0.1) is 5.10 Å². The van der Waals surface area contributed by atoms with Crippen LogP contribution in [0.2, 0.25) is 10.0 Å². The van der Waals surface area contributed by atoms with E-state index in [1.165, 1.54) is 6.07 Å². The molecule has 0 aliphatic rings. The molecule has 1 aromatic heterocycles. The first-order valence-corrected chi connectivity index (χ1v) is 7.67. The molecule has 0 amide bonds. The molecule has 0 radical (unpaired) electrons. The van der Waals surface area contributed by atoms with Gasteiger partial charge in [-0.1, -0.05) is 50.4 Å². The van der Waals surface area contributed by atoms with E-state index < -0.39 is 5.82 Å². The molecule has 0 saturated carbocycles. The fourth-order valence-electron chi connectivity index (χ4n) is 2.23. The van der Waals surface area contributed by atoms with Crippen LogP contribution in [0.15, 0.2) is 34.8 Å². The molecule has 3 rings (SSSR count). The van der Waals surface area contributed by atoms with Crippen LogP contribution >= 0.6 is 39.1 Å². The zero-order valence-corrected chi connectivity index (χ0v) is 13.9. The van der Waals surface area contributed by atoms with Crippen LogP contribution in [0, 0.1) is 5.82 Å². The summed E-state index contributed by atoms with van der Waals surface area (Å²) >= 11 is 15.4. The van der Waals surface area contributed by atoms with Crippen LogP contribution in [0.3, 0.4) is 0 Å². The zero-order chi connectivity index (χ0) is 15.1. The minimum atomic E-state index is -0.417. The van der Waals surface area contributed by atoms with Crippen molar-refractivity contribution in [2.24, 2.45) is 0 Å². The van der Waals surface area contributed by atoms with Crippen molar-refractivity contribution >= 4 is 50.2 Å². The van der Waals surface area contributed by atoms with Crippen molar-refractivity contribution in [2.75, 3.05) is 0 Å². The summed E-state index contributed by atoms with van der Waals surface area (Å²) in [7, 11) is 0. The van der Waals surface area contributed by atoms with Gasteiger partial charge in [0.05, 0.1) is 11.6 Å². The number of fused-ring (bicyclic) bond motifs is 1. The Hall–Kier alpha value is -1.17. The number of hydrogen-bond donors (Lipinski definition) is 0. The Bertz CT molecular complexity index is 834. The normalized spacial score (nSPS) is 12.8. The van der Waals surface area contributed by atoms with Gasteiger partial charge in [0.15, 0.2) is 5.82 Å². The SMILES string of the molecule is CC(c1ccc(Cl)cc1Cl)n1nnc2c(F)cc(Br)cc21. The fourth-order valence-corrected chi connectivity index (χ4v) is 3.21. The van der Waals surface area contributed by atoms with Crippen molar-refractivity contribution in [1.29, 1.82) is 0 Å². The molecular formula is C14H9BrCl2FN3. The molecule has 0 bridgehead atoms. The second-order valence-corrected chi connectivity index (χ2v) is 6.39. The molecule has 0 N–H and O–H groups in total. The summed E-state index contributed by atoms with van der Waals surface area (Å²) in [5.41, 5.74) is 1.67. The minimum Gasteiger partial charge on any atom is -0.237 e.